The van der Waals surface area contributed by atoms with E-state index >= 15 is 0 Å². The molecule has 14 heavy (non-hydrogen) atoms. The average Bonchev–Trinajstić information content (AvgIpc) is 1.12. The molecule has 0 amide bonds. The molecule has 0 spiro atoms. The number of rotatable bonds is 0. The van der Waals surface area contributed by atoms with Crippen molar-refractivity contribution in [2.45, 2.75) is 0 Å². The summed E-state index contributed by atoms with van der Waals surface area (Å²) in [5, 5.41) is 0. The molecule has 0 aliphatic carbocycles. The molecule has 0 aromatic heterocycles. The summed E-state index contributed by atoms with van der Waals surface area (Å²) in [4.78, 5) is 0. The minimum absolute atomic E-state index is 0. The van der Waals surface area contributed by atoms with E-state index in [1.165, 1.54) is 0 Å². The Morgan fingerprint density at radius 1 is 0.571 bits per heavy atom. The van der Waals surface area contributed by atoms with Gasteiger partial charge in [-0.15, -0.1) is 0 Å². The van der Waals surface area contributed by atoms with Gasteiger partial charge in [0, 0.05) is 20.8 Å². The summed E-state index contributed by atoms with van der Waals surface area (Å²) in [5.41, 5.74) is 0. The molecule has 0 atom stereocenters. The molecule has 0 aromatic rings. The van der Waals surface area contributed by atoms with Crippen LogP contribution in [0.2, 0.25) is 0 Å². The second kappa shape index (κ2) is 17.2. The van der Waals surface area contributed by atoms with Gasteiger partial charge in [-0.2, -0.15) is 0 Å². The van der Waals surface area contributed by atoms with Crippen molar-refractivity contribution in [1.82, 2.24) is 0 Å². The molecule has 0 aliphatic heterocycles. The molecule has 0 saturated heterocycles. The Kier molecular flexibility index (Phi) is 44.5. The maximum Gasteiger partial charge on any atom is 1.00 e. The van der Waals surface area contributed by atoms with Gasteiger partial charge in [0.25, 0.3) is 0 Å². The van der Waals surface area contributed by atoms with E-state index in [1.54, 1.807) is 0 Å². The van der Waals surface area contributed by atoms with Crippen LogP contribution in [-0.2, 0) is 20.8 Å². The van der Waals surface area contributed by atoms with Crippen molar-refractivity contribution in [2.75, 3.05) is 0 Å². The SMILES string of the molecule is O=S(=O)([O-])[O-].O=S(=O)([O-])[O-].[K+].[K+].[Li+].[Li+]. The molecule has 0 bridgehead atoms. The van der Waals surface area contributed by atoms with E-state index in [-0.39, 0.29) is 140 Å². The molecule has 0 saturated carbocycles. The minimum atomic E-state index is -5.17. The average molecular weight is 284 g/mol. The van der Waals surface area contributed by atoms with Gasteiger partial charge in [0.15, 0.2) is 0 Å². The summed E-state index contributed by atoms with van der Waals surface area (Å²) in [6, 6.07) is 0. The van der Waals surface area contributed by atoms with Crippen LogP contribution in [-0.4, -0.2) is 35.0 Å². The Morgan fingerprint density at radius 2 is 0.571 bits per heavy atom. The Bertz CT molecular complexity index is 220. The maximum absolute atomic E-state index is 8.52. The van der Waals surface area contributed by atoms with Gasteiger partial charge in [0.2, 0.25) is 0 Å². The molecular formula is K2Li2O8S2. The van der Waals surface area contributed by atoms with E-state index in [9.17, 15) is 0 Å². The first kappa shape index (κ1) is 36.2. The summed E-state index contributed by atoms with van der Waals surface area (Å²) >= 11 is 0. The van der Waals surface area contributed by atoms with Crippen molar-refractivity contribution in [3.8, 4) is 0 Å². The summed E-state index contributed by atoms with van der Waals surface area (Å²) in [6.07, 6.45) is 0. The predicted molar refractivity (Wildman–Crippen MR) is 20.9 cm³/mol. The van der Waals surface area contributed by atoms with Gasteiger partial charge in [0.05, 0.1) is 0 Å². The monoisotopic (exact) mass is 284 g/mol. The van der Waals surface area contributed by atoms with Gasteiger partial charge in [-0.25, -0.2) is 0 Å². The predicted octanol–water partition coefficient (Wildman–Crippen LogP) is -14.7. The second-order valence-electron chi connectivity index (χ2n) is 0.816. The number of hydrogen-bond acceptors (Lipinski definition) is 8. The van der Waals surface area contributed by atoms with Crippen LogP contribution < -0.4 is 140 Å². The molecule has 0 aromatic carbocycles. The Hall–Kier alpha value is 4.21. The molecule has 0 aliphatic rings. The van der Waals surface area contributed by atoms with E-state index in [4.69, 9.17) is 35.0 Å². The Labute approximate surface area is 191 Å². The fraction of sp³-hybridized carbons (Fsp3) is 0. The third kappa shape index (κ3) is 212. The van der Waals surface area contributed by atoms with Gasteiger partial charge in [0.1, 0.15) is 0 Å². The summed E-state index contributed by atoms with van der Waals surface area (Å²) in [6.45, 7) is 0. The van der Waals surface area contributed by atoms with Crippen molar-refractivity contribution in [2.24, 2.45) is 0 Å². The van der Waals surface area contributed by atoms with Crippen LogP contribution >= 0.6 is 0 Å². The van der Waals surface area contributed by atoms with E-state index in [1.807, 2.05) is 0 Å². The fourth-order valence-electron chi connectivity index (χ4n) is 0. The van der Waals surface area contributed by atoms with Crippen LogP contribution in [0, 0.1) is 0 Å². The van der Waals surface area contributed by atoms with Crippen LogP contribution in [0.25, 0.3) is 0 Å². The summed E-state index contributed by atoms with van der Waals surface area (Å²) in [5.74, 6) is 0. The van der Waals surface area contributed by atoms with Crippen molar-refractivity contribution >= 4 is 20.8 Å². The van der Waals surface area contributed by atoms with E-state index in [0.717, 1.165) is 0 Å². The first-order valence-corrected chi connectivity index (χ1v) is 4.00. The van der Waals surface area contributed by atoms with Gasteiger partial charge in [-0.05, 0) is 0 Å². The standard InChI is InChI=1S/2K.2Li.2H2O4S/c;;;;2*1-5(2,3)4/h;;;;2*(H2,1,2,3,4)/q4*+1;;/p-4. The fourth-order valence-corrected chi connectivity index (χ4v) is 0. The van der Waals surface area contributed by atoms with Gasteiger partial charge >= 0.3 is 140 Å². The molecule has 0 rings (SSSR count). The molecule has 0 fully saturated rings. The minimum Gasteiger partial charge on any atom is -0.759 e. The Morgan fingerprint density at radius 3 is 0.571 bits per heavy atom. The topological polar surface area (TPSA) is 161 Å². The van der Waals surface area contributed by atoms with Crippen LogP contribution in [0.4, 0.5) is 0 Å². The van der Waals surface area contributed by atoms with Crippen LogP contribution in [0.5, 0.6) is 0 Å². The second-order valence-corrected chi connectivity index (χ2v) is 2.45. The van der Waals surface area contributed by atoms with E-state index in [0.29, 0.717) is 0 Å². The molecule has 0 radical (unpaired) electrons. The number of hydrogen-bond donors (Lipinski definition) is 0. The van der Waals surface area contributed by atoms with Crippen molar-refractivity contribution in [1.29, 1.82) is 0 Å². The van der Waals surface area contributed by atoms with E-state index in [2.05, 4.69) is 0 Å². The normalized spacial score (nSPS) is 8.29. The largest absolute Gasteiger partial charge is 1.00 e. The van der Waals surface area contributed by atoms with Crippen molar-refractivity contribution in [3.63, 3.8) is 0 Å². The summed E-state index contributed by atoms with van der Waals surface area (Å²) < 4.78 is 68.2. The zero-order valence-electron chi connectivity index (χ0n) is 8.08. The zero-order chi connectivity index (χ0) is 9.00. The summed E-state index contributed by atoms with van der Waals surface area (Å²) in [7, 11) is -10.3. The maximum atomic E-state index is 8.52. The van der Waals surface area contributed by atoms with Gasteiger partial charge in [-0.3, -0.25) is 16.8 Å². The third-order valence-electron chi connectivity index (χ3n) is 0. The smallest absolute Gasteiger partial charge is 0.759 e. The van der Waals surface area contributed by atoms with Crippen LogP contribution in [0.3, 0.4) is 0 Å². The van der Waals surface area contributed by atoms with Crippen molar-refractivity contribution < 1.29 is 176 Å². The Balaban J connectivity index is -0.0000000178. The van der Waals surface area contributed by atoms with E-state index < -0.39 is 20.8 Å². The first-order chi connectivity index (χ1) is 4.00. The van der Waals surface area contributed by atoms with Crippen LogP contribution in [0.1, 0.15) is 0 Å². The molecule has 14 heteroatoms. The van der Waals surface area contributed by atoms with Gasteiger partial charge < -0.3 is 18.2 Å². The zero-order valence-corrected chi connectivity index (χ0v) is 16.0. The van der Waals surface area contributed by atoms with Gasteiger partial charge in [-0.1, -0.05) is 0 Å². The third-order valence-corrected chi connectivity index (χ3v) is 0. The molecule has 0 heterocycles. The molecular weight excluding hydrogens is 284 g/mol. The van der Waals surface area contributed by atoms with Crippen LogP contribution in [0.15, 0.2) is 0 Å². The molecule has 0 unspecified atom stereocenters. The molecule has 0 N–H and O–H groups in total. The molecule has 64 valence electrons. The first-order valence-electron chi connectivity index (χ1n) is 1.33. The molecule has 8 nitrogen and oxygen atoms in total. The quantitative estimate of drug-likeness (QED) is 0.240. The van der Waals surface area contributed by atoms with Crippen molar-refractivity contribution in [3.05, 3.63) is 0 Å².